The minimum Gasteiger partial charge on any atom is -0.310 e. The molecule has 48 heavy (non-hydrogen) atoms. The maximum Gasteiger partial charge on any atom is 0.124 e. The molecule has 0 radical (unpaired) electrons. The molecule has 0 unspecified atom stereocenters. The second-order valence-electron chi connectivity index (χ2n) is 12.0. The van der Waals surface area contributed by atoms with Crippen LogP contribution in [0.5, 0.6) is 0 Å². The molecule has 0 atom stereocenters. The predicted molar refractivity (Wildman–Crippen MR) is 211 cm³/mol. The Bertz CT molecular complexity index is 2790. The lowest BCUT2D eigenvalue weighted by Crippen LogP contribution is -2.11. The summed E-state index contributed by atoms with van der Waals surface area (Å²) in [6.45, 7) is 0. The van der Waals surface area contributed by atoms with Crippen LogP contribution in [-0.4, -0.2) is 4.98 Å². The maximum atomic E-state index is 5.25. The van der Waals surface area contributed by atoms with E-state index >= 15 is 0 Å². The van der Waals surface area contributed by atoms with Crippen molar-refractivity contribution in [2.45, 2.75) is 0 Å². The highest BCUT2D eigenvalue weighted by atomic mass is 32.1. The van der Waals surface area contributed by atoms with Crippen LogP contribution in [0.4, 0.5) is 17.1 Å². The molecule has 0 N–H and O–H groups in total. The molecule has 0 spiro atoms. The van der Waals surface area contributed by atoms with Crippen molar-refractivity contribution in [3.8, 4) is 21.7 Å². The summed E-state index contributed by atoms with van der Waals surface area (Å²) in [7, 11) is 0. The van der Waals surface area contributed by atoms with Gasteiger partial charge in [-0.25, -0.2) is 4.98 Å². The fourth-order valence-corrected chi connectivity index (χ4v) is 10.1. The van der Waals surface area contributed by atoms with Crippen molar-refractivity contribution >= 4 is 102 Å². The fraction of sp³-hybridized carbons (Fsp3) is 0. The van der Waals surface area contributed by atoms with Crippen LogP contribution in [-0.2, 0) is 0 Å². The Morgan fingerprint density at radius 1 is 0.417 bits per heavy atom. The van der Waals surface area contributed by atoms with Crippen LogP contribution in [0.2, 0.25) is 0 Å². The van der Waals surface area contributed by atoms with E-state index in [9.17, 15) is 0 Å². The molecule has 3 aromatic heterocycles. The van der Waals surface area contributed by atoms with Crippen molar-refractivity contribution in [3.05, 3.63) is 158 Å². The van der Waals surface area contributed by atoms with E-state index < -0.39 is 0 Å². The standard InChI is InChI=1S/C43H26N2S3/c1-3-11-27(12-4-1)31-15-7-9-17-35(31)45(30-19-21-33-32-16-8-10-18-36(32)47-40(33)26-30)29-20-22-37-34(25-29)41-38(46-37)23-24-39-42(41)44-43(48-39)28-13-5-2-6-14-28/h1-26H. The van der Waals surface area contributed by atoms with Gasteiger partial charge in [0, 0.05) is 62.8 Å². The molecule has 2 nitrogen and oxygen atoms in total. The summed E-state index contributed by atoms with van der Waals surface area (Å²) >= 11 is 5.47. The van der Waals surface area contributed by atoms with Gasteiger partial charge >= 0.3 is 0 Å². The van der Waals surface area contributed by atoms with Gasteiger partial charge in [0.05, 0.1) is 15.9 Å². The molecular weight excluding hydrogens is 641 g/mol. The molecule has 3 heterocycles. The topological polar surface area (TPSA) is 16.1 Å². The Balaban J connectivity index is 1.22. The zero-order chi connectivity index (χ0) is 31.6. The molecule has 10 rings (SSSR count). The maximum absolute atomic E-state index is 5.25. The average Bonchev–Trinajstić information content (AvgIpc) is 3.85. The summed E-state index contributed by atoms with van der Waals surface area (Å²) in [5.74, 6) is 0. The number of anilines is 3. The average molecular weight is 667 g/mol. The third kappa shape index (κ3) is 4.47. The lowest BCUT2D eigenvalue weighted by molar-refractivity contribution is 1.30. The number of para-hydroxylation sites is 1. The van der Waals surface area contributed by atoms with Gasteiger partial charge in [-0.15, -0.1) is 34.0 Å². The highest BCUT2D eigenvalue weighted by molar-refractivity contribution is 7.26. The van der Waals surface area contributed by atoms with Crippen molar-refractivity contribution in [3.63, 3.8) is 0 Å². The van der Waals surface area contributed by atoms with E-state index in [1.54, 1.807) is 11.3 Å². The van der Waals surface area contributed by atoms with Crippen molar-refractivity contribution in [2.24, 2.45) is 0 Å². The largest absolute Gasteiger partial charge is 0.310 e. The number of hydrogen-bond donors (Lipinski definition) is 0. The first-order chi connectivity index (χ1) is 23.8. The van der Waals surface area contributed by atoms with Crippen molar-refractivity contribution in [2.75, 3.05) is 4.90 Å². The Morgan fingerprint density at radius 3 is 1.92 bits per heavy atom. The zero-order valence-electron chi connectivity index (χ0n) is 25.6. The lowest BCUT2D eigenvalue weighted by atomic mass is 10.0. The Labute approximate surface area is 289 Å². The smallest absolute Gasteiger partial charge is 0.124 e. The summed E-state index contributed by atoms with van der Waals surface area (Å²) in [5.41, 5.74) is 8.05. The van der Waals surface area contributed by atoms with Crippen LogP contribution in [0.1, 0.15) is 0 Å². The Morgan fingerprint density at radius 2 is 1.04 bits per heavy atom. The van der Waals surface area contributed by atoms with Crippen LogP contribution in [0, 0.1) is 0 Å². The Hall–Kier alpha value is -5.33. The molecule has 0 saturated heterocycles. The SMILES string of the molecule is c1ccc(-c2nc3c(ccc4sc5ccc(N(c6ccc7c(c6)sc6ccccc67)c6ccccc6-c6ccccc6)cc5c43)s2)cc1. The number of hydrogen-bond acceptors (Lipinski definition) is 5. The monoisotopic (exact) mass is 666 g/mol. The quantitative estimate of drug-likeness (QED) is 0.182. The molecule has 5 heteroatoms. The van der Waals surface area contributed by atoms with Gasteiger partial charge in [-0.05, 0) is 60.2 Å². The van der Waals surface area contributed by atoms with E-state index in [1.165, 1.54) is 56.2 Å². The molecule has 0 amide bonds. The van der Waals surface area contributed by atoms with Crippen molar-refractivity contribution in [1.29, 1.82) is 0 Å². The normalized spacial score (nSPS) is 11.8. The molecule has 0 aliphatic heterocycles. The van der Waals surface area contributed by atoms with Crippen LogP contribution in [0.25, 0.3) is 72.3 Å². The molecule has 10 aromatic rings. The lowest BCUT2D eigenvalue weighted by Gasteiger charge is -2.28. The highest BCUT2D eigenvalue weighted by Crippen LogP contribution is 2.47. The molecular formula is C43H26N2S3. The zero-order valence-corrected chi connectivity index (χ0v) is 28.1. The van der Waals surface area contributed by atoms with Gasteiger partial charge in [0.15, 0.2) is 0 Å². The summed E-state index contributed by atoms with van der Waals surface area (Å²) in [6.07, 6.45) is 0. The third-order valence-corrected chi connectivity index (χ3v) is 12.4. The van der Waals surface area contributed by atoms with Crippen LogP contribution < -0.4 is 4.90 Å². The van der Waals surface area contributed by atoms with Crippen LogP contribution in [0.3, 0.4) is 0 Å². The molecule has 0 saturated carbocycles. The summed E-state index contributed by atoms with van der Waals surface area (Å²) in [5, 5.41) is 6.16. The summed E-state index contributed by atoms with van der Waals surface area (Å²) in [4.78, 5) is 7.68. The molecule has 7 aromatic carbocycles. The molecule has 226 valence electrons. The second kappa shape index (κ2) is 11.1. The van der Waals surface area contributed by atoms with Gasteiger partial charge in [0.1, 0.15) is 5.01 Å². The van der Waals surface area contributed by atoms with Crippen molar-refractivity contribution in [1.82, 2.24) is 4.98 Å². The van der Waals surface area contributed by atoms with E-state index in [0.717, 1.165) is 33.1 Å². The number of aromatic nitrogens is 1. The number of benzene rings is 7. The van der Waals surface area contributed by atoms with E-state index in [4.69, 9.17) is 4.98 Å². The van der Waals surface area contributed by atoms with E-state index in [0.29, 0.717) is 0 Å². The van der Waals surface area contributed by atoms with Crippen molar-refractivity contribution < 1.29 is 0 Å². The van der Waals surface area contributed by atoms with Crippen LogP contribution >= 0.6 is 34.0 Å². The number of thiophene rings is 2. The fourth-order valence-electron chi connectivity index (χ4n) is 6.90. The first-order valence-electron chi connectivity index (χ1n) is 16.0. The van der Waals surface area contributed by atoms with Gasteiger partial charge in [-0.1, -0.05) is 103 Å². The number of rotatable bonds is 5. The molecule has 0 aliphatic carbocycles. The number of thiazole rings is 1. The minimum absolute atomic E-state index is 1.06. The number of nitrogens with zero attached hydrogens (tertiary/aromatic N) is 2. The molecule has 0 aliphatic rings. The van der Waals surface area contributed by atoms with Crippen LogP contribution in [0.15, 0.2) is 158 Å². The number of fused-ring (bicyclic) bond motifs is 8. The molecule has 0 fully saturated rings. The van der Waals surface area contributed by atoms with Gasteiger partial charge < -0.3 is 4.90 Å². The summed E-state index contributed by atoms with van der Waals surface area (Å²) < 4.78 is 6.35. The van der Waals surface area contributed by atoms with Gasteiger partial charge in [-0.2, -0.15) is 0 Å². The van der Waals surface area contributed by atoms with E-state index in [1.807, 2.05) is 22.7 Å². The first kappa shape index (κ1) is 27.8. The van der Waals surface area contributed by atoms with E-state index in [-0.39, 0.29) is 0 Å². The van der Waals surface area contributed by atoms with Gasteiger partial charge in [0.25, 0.3) is 0 Å². The predicted octanol–water partition coefficient (Wildman–Crippen LogP) is 13.8. The highest BCUT2D eigenvalue weighted by Gasteiger charge is 2.21. The minimum atomic E-state index is 1.06. The molecule has 0 bridgehead atoms. The first-order valence-corrected chi connectivity index (χ1v) is 18.4. The third-order valence-electron chi connectivity index (χ3n) is 9.10. The second-order valence-corrected chi connectivity index (χ2v) is 15.1. The summed E-state index contributed by atoms with van der Waals surface area (Å²) in [6, 6.07) is 57.1. The van der Waals surface area contributed by atoms with Gasteiger partial charge in [-0.3, -0.25) is 0 Å². The van der Waals surface area contributed by atoms with E-state index in [2.05, 4.69) is 163 Å². The Kier molecular flexibility index (Phi) is 6.44. The van der Waals surface area contributed by atoms with Gasteiger partial charge in [0.2, 0.25) is 0 Å².